The summed E-state index contributed by atoms with van der Waals surface area (Å²) in [6, 6.07) is 5.69. The molecule has 2 aliphatic heterocycles. The monoisotopic (exact) mass is 332 g/mol. The summed E-state index contributed by atoms with van der Waals surface area (Å²) in [7, 11) is 0. The molecule has 1 aromatic rings. The first-order valence-electron chi connectivity index (χ1n) is 8.92. The van der Waals surface area contributed by atoms with Crippen molar-refractivity contribution in [2.45, 2.75) is 32.1 Å². The van der Waals surface area contributed by atoms with E-state index in [1.165, 1.54) is 24.3 Å². The van der Waals surface area contributed by atoms with Crippen molar-refractivity contribution < 1.29 is 14.0 Å². The third-order valence-corrected chi connectivity index (χ3v) is 5.20. The summed E-state index contributed by atoms with van der Waals surface area (Å²) in [5, 5.41) is 3.32. The molecule has 0 bridgehead atoms. The lowest BCUT2D eigenvalue weighted by molar-refractivity contribution is -0.132. The Labute approximate surface area is 142 Å². The number of likely N-dealkylation sites (tertiary alicyclic amines) is 1. The topological polar surface area (TPSA) is 49.4 Å². The van der Waals surface area contributed by atoms with Crippen LogP contribution >= 0.6 is 0 Å². The second-order valence-corrected chi connectivity index (χ2v) is 6.95. The molecule has 2 atom stereocenters. The first-order valence-corrected chi connectivity index (χ1v) is 8.92. The maximum atomic E-state index is 13.0. The lowest BCUT2D eigenvalue weighted by Crippen LogP contribution is -2.42. The number of halogens is 1. The van der Waals surface area contributed by atoms with E-state index >= 15 is 0 Å². The van der Waals surface area contributed by atoms with Crippen molar-refractivity contribution in [3.05, 3.63) is 35.6 Å². The van der Waals surface area contributed by atoms with Crippen LogP contribution in [0.5, 0.6) is 0 Å². The minimum Gasteiger partial charge on any atom is -0.342 e. The molecule has 2 unspecified atom stereocenters. The summed E-state index contributed by atoms with van der Waals surface area (Å²) in [4.78, 5) is 26.9. The van der Waals surface area contributed by atoms with E-state index in [9.17, 15) is 14.0 Å². The molecular formula is C19H25FN2O2. The highest BCUT2D eigenvalue weighted by Gasteiger charge is 2.29. The van der Waals surface area contributed by atoms with E-state index in [0.717, 1.165) is 45.3 Å². The van der Waals surface area contributed by atoms with Crippen LogP contribution in [0.15, 0.2) is 24.3 Å². The van der Waals surface area contributed by atoms with Gasteiger partial charge in [0.15, 0.2) is 5.78 Å². The van der Waals surface area contributed by atoms with Gasteiger partial charge in [-0.15, -0.1) is 0 Å². The zero-order chi connectivity index (χ0) is 16.9. The summed E-state index contributed by atoms with van der Waals surface area (Å²) < 4.78 is 13.0. The van der Waals surface area contributed by atoms with E-state index in [4.69, 9.17) is 0 Å². The van der Waals surface area contributed by atoms with E-state index in [0.29, 0.717) is 24.4 Å². The molecule has 3 rings (SSSR count). The first kappa shape index (κ1) is 17.1. The second-order valence-electron chi connectivity index (χ2n) is 6.95. The number of nitrogens with zero attached hydrogens (tertiary/aromatic N) is 1. The van der Waals surface area contributed by atoms with Crippen LogP contribution in [0.4, 0.5) is 4.39 Å². The molecule has 0 aromatic heterocycles. The van der Waals surface area contributed by atoms with Crippen LogP contribution in [0.25, 0.3) is 0 Å². The van der Waals surface area contributed by atoms with Gasteiger partial charge in [0.2, 0.25) is 5.91 Å². The Balaban J connectivity index is 1.54. The van der Waals surface area contributed by atoms with Crippen molar-refractivity contribution in [3.8, 4) is 0 Å². The highest BCUT2D eigenvalue weighted by molar-refractivity contribution is 5.98. The summed E-state index contributed by atoms with van der Waals surface area (Å²) in [5.74, 6) is 0.288. The fourth-order valence-electron chi connectivity index (χ4n) is 3.71. The maximum Gasteiger partial charge on any atom is 0.222 e. The van der Waals surface area contributed by atoms with Crippen molar-refractivity contribution >= 4 is 11.7 Å². The SMILES string of the molecule is O=C(c1ccc(F)cc1)C1CCCN(C(=O)CCC2CCNC2)C1. The first-order chi connectivity index (χ1) is 11.6. The second kappa shape index (κ2) is 7.88. The fraction of sp³-hybridized carbons (Fsp3) is 0.579. The van der Waals surface area contributed by atoms with Gasteiger partial charge in [-0.2, -0.15) is 0 Å². The Morgan fingerprint density at radius 1 is 1.21 bits per heavy atom. The predicted molar refractivity (Wildman–Crippen MR) is 90.2 cm³/mol. The largest absolute Gasteiger partial charge is 0.342 e. The molecule has 130 valence electrons. The van der Waals surface area contributed by atoms with Gasteiger partial charge in [0, 0.05) is 31.0 Å². The van der Waals surface area contributed by atoms with Gasteiger partial charge in [-0.05, 0) is 69.0 Å². The molecule has 2 aliphatic rings. The Kier molecular flexibility index (Phi) is 5.61. The summed E-state index contributed by atoms with van der Waals surface area (Å²) in [5.41, 5.74) is 0.535. The molecule has 1 amide bonds. The van der Waals surface area contributed by atoms with Gasteiger partial charge >= 0.3 is 0 Å². The minimum absolute atomic E-state index is 0.0208. The number of ketones is 1. The maximum absolute atomic E-state index is 13.0. The number of carbonyl (C=O) groups excluding carboxylic acids is 2. The number of rotatable bonds is 5. The molecule has 0 aliphatic carbocycles. The van der Waals surface area contributed by atoms with Gasteiger partial charge in [0.25, 0.3) is 0 Å². The van der Waals surface area contributed by atoms with Crippen LogP contribution in [-0.2, 0) is 4.79 Å². The summed E-state index contributed by atoms with van der Waals surface area (Å²) >= 11 is 0. The van der Waals surface area contributed by atoms with Gasteiger partial charge in [-0.25, -0.2) is 4.39 Å². The van der Waals surface area contributed by atoms with Gasteiger partial charge in [0.05, 0.1) is 0 Å². The van der Waals surface area contributed by atoms with E-state index in [-0.39, 0.29) is 23.4 Å². The van der Waals surface area contributed by atoms with E-state index in [2.05, 4.69) is 5.32 Å². The molecule has 0 spiro atoms. The zero-order valence-corrected chi connectivity index (χ0v) is 14.0. The molecule has 24 heavy (non-hydrogen) atoms. The number of amides is 1. The number of piperidine rings is 1. The normalized spacial score (nSPS) is 24.1. The zero-order valence-electron chi connectivity index (χ0n) is 14.0. The molecule has 2 saturated heterocycles. The van der Waals surface area contributed by atoms with Crippen molar-refractivity contribution in [1.29, 1.82) is 0 Å². The van der Waals surface area contributed by atoms with Crippen molar-refractivity contribution in [3.63, 3.8) is 0 Å². The highest BCUT2D eigenvalue weighted by atomic mass is 19.1. The molecular weight excluding hydrogens is 307 g/mol. The molecule has 2 fully saturated rings. The van der Waals surface area contributed by atoms with Gasteiger partial charge < -0.3 is 10.2 Å². The standard InChI is InChI=1S/C19H25FN2O2/c20-17-6-4-15(5-7-17)19(24)16-2-1-11-22(13-16)18(23)8-3-14-9-10-21-12-14/h4-7,14,16,21H,1-3,8-13H2. The highest BCUT2D eigenvalue weighted by Crippen LogP contribution is 2.23. The smallest absolute Gasteiger partial charge is 0.222 e. The van der Waals surface area contributed by atoms with Crippen LogP contribution in [0.3, 0.4) is 0 Å². The Bertz CT molecular complexity index is 582. The number of carbonyl (C=O) groups is 2. The Morgan fingerprint density at radius 2 is 2.00 bits per heavy atom. The molecule has 4 nitrogen and oxygen atoms in total. The van der Waals surface area contributed by atoms with Crippen LogP contribution in [0, 0.1) is 17.7 Å². The molecule has 0 radical (unpaired) electrons. The molecule has 5 heteroatoms. The molecule has 1 aromatic carbocycles. The number of benzene rings is 1. The lowest BCUT2D eigenvalue weighted by Gasteiger charge is -2.32. The number of hydrogen-bond acceptors (Lipinski definition) is 3. The van der Waals surface area contributed by atoms with Crippen LogP contribution < -0.4 is 5.32 Å². The van der Waals surface area contributed by atoms with Crippen LogP contribution in [0.1, 0.15) is 42.5 Å². The van der Waals surface area contributed by atoms with Crippen molar-refractivity contribution in [1.82, 2.24) is 10.2 Å². The molecule has 1 N–H and O–H groups in total. The van der Waals surface area contributed by atoms with E-state index in [1.54, 1.807) is 0 Å². The molecule has 2 heterocycles. The third-order valence-electron chi connectivity index (χ3n) is 5.20. The van der Waals surface area contributed by atoms with Crippen LogP contribution in [0.2, 0.25) is 0 Å². The van der Waals surface area contributed by atoms with E-state index in [1.807, 2.05) is 4.90 Å². The van der Waals surface area contributed by atoms with E-state index < -0.39 is 0 Å². The van der Waals surface area contributed by atoms with Crippen molar-refractivity contribution in [2.75, 3.05) is 26.2 Å². The van der Waals surface area contributed by atoms with Crippen molar-refractivity contribution in [2.24, 2.45) is 11.8 Å². The van der Waals surface area contributed by atoms with Gasteiger partial charge in [0.1, 0.15) is 5.82 Å². The van der Waals surface area contributed by atoms with Gasteiger partial charge in [-0.3, -0.25) is 9.59 Å². The Morgan fingerprint density at radius 3 is 2.71 bits per heavy atom. The lowest BCUT2D eigenvalue weighted by atomic mass is 9.89. The summed E-state index contributed by atoms with van der Waals surface area (Å²) in [6.07, 6.45) is 4.31. The average Bonchev–Trinajstić information content (AvgIpc) is 3.13. The minimum atomic E-state index is -0.339. The summed E-state index contributed by atoms with van der Waals surface area (Å²) in [6.45, 7) is 3.31. The number of hydrogen-bond donors (Lipinski definition) is 1. The number of Topliss-reactive ketones (excluding diaryl/α,β-unsaturated/α-hetero) is 1. The molecule has 0 saturated carbocycles. The third kappa shape index (κ3) is 4.20. The predicted octanol–water partition coefficient (Wildman–Crippen LogP) is 2.64. The fourth-order valence-corrected chi connectivity index (χ4v) is 3.71. The number of nitrogens with one attached hydrogen (secondary N) is 1. The average molecular weight is 332 g/mol. The quantitative estimate of drug-likeness (QED) is 0.843. The Hall–Kier alpha value is -1.75. The van der Waals surface area contributed by atoms with Crippen LogP contribution in [-0.4, -0.2) is 42.8 Å². The van der Waals surface area contributed by atoms with Gasteiger partial charge in [-0.1, -0.05) is 0 Å².